The zero-order valence-electron chi connectivity index (χ0n) is 17.1. The number of aryl methyl sites for hydroxylation is 1. The Morgan fingerprint density at radius 3 is 2.55 bits per heavy atom. The van der Waals surface area contributed by atoms with E-state index in [1.807, 2.05) is 50.2 Å². The van der Waals surface area contributed by atoms with Crippen LogP contribution in [0.25, 0.3) is 10.8 Å². The number of ether oxygens (including phenoxy) is 1. The summed E-state index contributed by atoms with van der Waals surface area (Å²) in [5.41, 5.74) is 3.66. The molecule has 0 fully saturated rings. The number of ketones is 1. The Balaban J connectivity index is 1.42. The van der Waals surface area contributed by atoms with E-state index in [-0.39, 0.29) is 18.1 Å². The summed E-state index contributed by atoms with van der Waals surface area (Å²) in [5.74, 6) is -0.457. The molecule has 3 aromatic heterocycles. The van der Waals surface area contributed by atoms with Crippen LogP contribution in [0.2, 0.25) is 0 Å². The van der Waals surface area contributed by atoms with Gasteiger partial charge in [-0.2, -0.15) is 0 Å². The van der Waals surface area contributed by atoms with Crippen molar-refractivity contribution in [3.05, 3.63) is 88.4 Å². The maximum absolute atomic E-state index is 12.7. The SMILES string of the molecule is Cc1cc(C(=O)COC(=O)c2csc(-c3ncccn3)n2)c(C)n1Cc1ccccc1. The first-order valence-corrected chi connectivity index (χ1v) is 10.5. The van der Waals surface area contributed by atoms with E-state index in [2.05, 4.69) is 19.5 Å². The molecule has 31 heavy (non-hydrogen) atoms. The van der Waals surface area contributed by atoms with Crippen LogP contribution in [0.1, 0.15) is 37.8 Å². The number of carbonyl (C=O) groups excluding carboxylic acids is 2. The highest BCUT2D eigenvalue weighted by atomic mass is 32.1. The summed E-state index contributed by atoms with van der Waals surface area (Å²) in [6, 6.07) is 13.6. The third-order valence-electron chi connectivity index (χ3n) is 4.86. The molecule has 0 unspecified atom stereocenters. The van der Waals surface area contributed by atoms with Crippen molar-refractivity contribution in [1.29, 1.82) is 0 Å². The molecule has 3 heterocycles. The molecule has 0 aliphatic rings. The van der Waals surface area contributed by atoms with Crippen molar-refractivity contribution in [3.8, 4) is 10.8 Å². The molecule has 0 aliphatic heterocycles. The van der Waals surface area contributed by atoms with E-state index in [1.54, 1.807) is 23.8 Å². The number of nitrogens with zero attached hydrogens (tertiary/aromatic N) is 4. The standard InChI is InChI=1S/C23H20N4O3S/c1-15-11-18(16(2)27(15)12-17-7-4-3-5-8-17)20(28)13-30-23(29)19-14-31-22(26-19)21-24-9-6-10-25-21/h3-11,14H,12-13H2,1-2H3. The maximum Gasteiger partial charge on any atom is 0.358 e. The van der Waals surface area contributed by atoms with E-state index in [1.165, 1.54) is 11.3 Å². The largest absolute Gasteiger partial charge is 0.453 e. The minimum atomic E-state index is -0.648. The maximum atomic E-state index is 12.7. The molecule has 0 radical (unpaired) electrons. The Hall–Kier alpha value is -3.65. The number of benzene rings is 1. The number of rotatable bonds is 7. The average molecular weight is 433 g/mol. The van der Waals surface area contributed by atoms with Gasteiger partial charge in [0, 0.05) is 41.3 Å². The molecule has 4 aromatic rings. The second-order valence-electron chi connectivity index (χ2n) is 6.97. The van der Waals surface area contributed by atoms with Crippen LogP contribution in [0.3, 0.4) is 0 Å². The minimum Gasteiger partial charge on any atom is -0.453 e. The molecule has 0 saturated carbocycles. The van der Waals surface area contributed by atoms with Crippen molar-refractivity contribution in [2.45, 2.75) is 20.4 Å². The van der Waals surface area contributed by atoms with E-state index in [0.29, 0.717) is 22.9 Å². The van der Waals surface area contributed by atoms with Gasteiger partial charge in [-0.25, -0.2) is 19.7 Å². The number of Topliss-reactive ketones (excluding diaryl/α,β-unsaturated/α-hetero) is 1. The molecule has 0 aliphatic carbocycles. The highest BCUT2D eigenvalue weighted by molar-refractivity contribution is 7.13. The van der Waals surface area contributed by atoms with Crippen molar-refractivity contribution in [1.82, 2.24) is 19.5 Å². The van der Waals surface area contributed by atoms with Crippen LogP contribution in [0.5, 0.6) is 0 Å². The lowest BCUT2D eigenvalue weighted by atomic mass is 10.1. The fourth-order valence-corrected chi connectivity index (χ4v) is 3.99. The van der Waals surface area contributed by atoms with Gasteiger partial charge < -0.3 is 9.30 Å². The van der Waals surface area contributed by atoms with E-state index >= 15 is 0 Å². The molecular formula is C23H20N4O3S. The first-order valence-electron chi connectivity index (χ1n) is 9.67. The lowest BCUT2D eigenvalue weighted by molar-refractivity contribution is 0.0469. The highest BCUT2D eigenvalue weighted by Gasteiger charge is 2.20. The monoisotopic (exact) mass is 432 g/mol. The number of esters is 1. The smallest absolute Gasteiger partial charge is 0.358 e. The summed E-state index contributed by atoms with van der Waals surface area (Å²) in [7, 11) is 0. The van der Waals surface area contributed by atoms with Crippen LogP contribution in [0, 0.1) is 13.8 Å². The molecular weight excluding hydrogens is 412 g/mol. The summed E-state index contributed by atoms with van der Waals surface area (Å²) < 4.78 is 7.30. The van der Waals surface area contributed by atoms with Crippen LogP contribution in [0.4, 0.5) is 0 Å². The van der Waals surface area contributed by atoms with Crippen LogP contribution in [-0.2, 0) is 11.3 Å². The summed E-state index contributed by atoms with van der Waals surface area (Å²) >= 11 is 1.25. The van der Waals surface area contributed by atoms with Crippen LogP contribution in [-0.4, -0.2) is 37.9 Å². The molecule has 8 heteroatoms. The summed E-state index contributed by atoms with van der Waals surface area (Å²) in [6.45, 7) is 4.19. The predicted molar refractivity (Wildman–Crippen MR) is 117 cm³/mol. The van der Waals surface area contributed by atoms with Crippen molar-refractivity contribution < 1.29 is 14.3 Å². The molecule has 156 valence electrons. The Morgan fingerprint density at radius 1 is 1.06 bits per heavy atom. The van der Waals surface area contributed by atoms with Gasteiger partial charge in [-0.05, 0) is 31.5 Å². The lowest BCUT2D eigenvalue weighted by Gasteiger charge is -2.10. The van der Waals surface area contributed by atoms with Crippen molar-refractivity contribution in [2.24, 2.45) is 0 Å². The van der Waals surface area contributed by atoms with Crippen molar-refractivity contribution >= 4 is 23.1 Å². The van der Waals surface area contributed by atoms with Gasteiger partial charge in [-0.15, -0.1) is 11.3 Å². The molecule has 1 aromatic carbocycles. The first kappa shape index (κ1) is 20.6. The summed E-state index contributed by atoms with van der Waals surface area (Å²) in [5, 5.41) is 2.09. The van der Waals surface area contributed by atoms with E-state index in [4.69, 9.17) is 4.74 Å². The van der Waals surface area contributed by atoms with Gasteiger partial charge in [0.25, 0.3) is 0 Å². The molecule has 4 rings (SSSR count). The second-order valence-corrected chi connectivity index (χ2v) is 7.82. The van der Waals surface area contributed by atoms with E-state index in [0.717, 1.165) is 17.0 Å². The van der Waals surface area contributed by atoms with Gasteiger partial charge in [0.2, 0.25) is 5.78 Å². The second kappa shape index (κ2) is 9.01. The van der Waals surface area contributed by atoms with Crippen molar-refractivity contribution in [2.75, 3.05) is 6.61 Å². The Bertz CT molecular complexity index is 1220. The molecule has 0 bridgehead atoms. The average Bonchev–Trinajstić information content (AvgIpc) is 3.40. The highest BCUT2D eigenvalue weighted by Crippen LogP contribution is 2.21. The molecule has 0 saturated heterocycles. The van der Waals surface area contributed by atoms with Gasteiger partial charge in [-0.3, -0.25) is 4.79 Å². The van der Waals surface area contributed by atoms with Gasteiger partial charge in [-0.1, -0.05) is 30.3 Å². The zero-order valence-corrected chi connectivity index (χ0v) is 17.9. The third kappa shape index (κ3) is 4.59. The summed E-state index contributed by atoms with van der Waals surface area (Å²) in [6.07, 6.45) is 3.21. The normalized spacial score (nSPS) is 10.8. The quantitative estimate of drug-likeness (QED) is 0.323. The molecule has 0 spiro atoms. The summed E-state index contributed by atoms with van der Waals surface area (Å²) in [4.78, 5) is 37.5. The zero-order chi connectivity index (χ0) is 21.8. The molecule has 0 amide bonds. The van der Waals surface area contributed by atoms with Gasteiger partial charge in [0.1, 0.15) is 0 Å². The van der Waals surface area contributed by atoms with Gasteiger partial charge in [0.05, 0.1) is 0 Å². The number of thiazole rings is 1. The Kier molecular flexibility index (Phi) is 5.99. The first-order chi connectivity index (χ1) is 15.0. The third-order valence-corrected chi connectivity index (χ3v) is 5.70. The van der Waals surface area contributed by atoms with E-state index < -0.39 is 5.97 Å². The number of hydrogen-bond acceptors (Lipinski definition) is 7. The van der Waals surface area contributed by atoms with Crippen LogP contribution < -0.4 is 0 Å². The predicted octanol–water partition coefficient (Wildman–Crippen LogP) is 4.11. The Labute approximate surface area is 183 Å². The fourth-order valence-electron chi connectivity index (χ4n) is 3.26. The molecule has 0 N–H and O–H groups in total. The minimum absolute atomic E-state index is 0.134. The number of aromatic nitrogens is 4. The lowest BCUT2D eigenvalue weighted by Crippen LogP contribution is -2.15. The Morgan fingerprint density at radius 2 is 1.81 bits per heavy atom. The number of carbonyl (C=O) groups is 2. The number of hydrogen-bond donors (Lipinski definition) is 0. The van der Waals surface area contributed by atoms with Crippen molar-refractivity contribution in [3.63, 3.8) is 0 Å². The molecule has 7 nitrogen and oxygen atoms in total. The molecule has 0 atom stereocenters. The van der Waals surface area contributed by atoms with Gasteiger partial charge >= 0.3 is 5.97 Å². The topological polar surface area (TPSA) is 87.0 Å². The van der Waals surface area contributed by atoms with Crippen LogP contribution in [0.15, 0.2) is 60.2 Å². The van der Waals surface area contributed by atoms with E-state index in [9.17, 15) is 9.59 Å². The fraction of sp³-hybridized carbons (Fsp3) is 0.174. The van der Waals surface area contributed by atoms with Crippen LogP contribution >= 0.6 is 11.3 Å². The van der Waals surface area contributed by atoms with Gasteiger partial charge in [0.15, 0.2) is 23.1 Å².